The smallest absolute Gasteiger partial charge is 0.255 e. The predicted octanol–water partition coefficient (Wildman–Crippen LogP) is 3.45. The molecular formula is C23H34FN3O3. The lowest BCUT2D eigenvalue weighted by Crippen LogP contribution is -2.52. The van der Waals surface area contributed by atoms with Gasteiger partial charge in [-0.15, -0.1) is 0 Å². The first-order valence-corrected chi connectivity index (χ1v) is 11.1. The second-order valence-corrected chi connectivity index (χ2v) is 7.51. The summed E-state index contributed by atoms with van der Waals surface area (Å²) in [5, 5.41) is 2.28. The normalized spacial score (nSPS) is 21.9. The maximum Gasteiger partial charge on any atom is 0.255 e. The fourth-order valence-corrected chi connectivity index (χ4v) is 4.24. The Balaban J connectivity index is 0.000000757. The van der Waals surface area contributed by atoms with Gasteiger partial charge in [-0.1, -0.05) is 33.8 Å². The van der Waals surface area contributed by atoms with E-state index < -0.39 is 11.9 Å². The molecule has 3 amide bonds. The number of carbonyl (C=O) groups excluding carboxylic acids is 3. The van der Waals surface area contributed by atoms with E-state index in [0.29, 0.717) is 24.1 Å². The quantitative estimate of drug-likeness (QED) is 0.746. The molecule has 1 aromatic carbocycles. The molecule has 2 fully saturated rings. The molecule has 3 aliphatic heterocycles. The molecule has 166 valence electrons. The first-order valence-electron chi connectivity index (χ1n) is 11.1. The van der Waals surface area contributed by atoms with Crippen molar-refractivity contribution in [2.24, 2.45) is 0 Å². The molecule has 0 radical (unpaired) electrons. The van der Waals surface area contributed by atoms with Crippen molar-refractivity contribution < 1.29 is 18.8 Å². The molecule has 30 heavy (non-hydrogen) atoms. The summed E-state index contributed by atoms with van der Waals surface area (Å²) in [5.74, 6) is -1.26. The molecule has 2 saturated heterocycles. The highest BCUT2D eigenvalue weighted by atomic mass is 19.1. The van der Waals surface area contributed by atoms with Gasteiger partial charge in [0.05, 0.1) is 0 Å². The highest BCUT2D eigenvalue weighted by Gasteiger charge is 2.39. The summed E-state index contributed by atoms with van der Waals surface area (Å²) in [4.78, 5) is 39.8. The first kappa shape index (κ1) is 24.0. The molecule has 4 rings (SSSR count). The van der Waals surface area contributed by atoms with Gasteiger partial charge in [-0.3, -0.25) is 19.7 Å². The average molecular weight is 420 g/mol. The molecule has 0 aromatic heterocycles. The number of nitrogens with one attached hydrogen (secondary N) is 1. The summed E-state index contributed by atoms with van der Waals surface area (Å²) in [6.07, 6.45) is 2.33. The summed E-state index contributed by atoms with van der Waals surface area (Å²) < 4.78 is 14.7. The first-order chi connectivity index (χ1) is 14.4. The zero-order valence-electron chi connectivity index (χ0n) is 18.8. The molecule has 1 aromatic rings. The van der Waals surface area contributed by atoms with Gasteiger partial charge in [-0.25, -0.2) is 4.39 Å². The molecule has 1 atom stereocenters. The highest BCUT2D eigenvalue weighted by Crippen LogP contribution is 2.35. The molecular weight excluding hydrogens is 385 g/mol. The van der Waals surface area contributed by atoms with Crippen LogP contribution in [0.1, 0.15) is 80.8 Å². The van der Waals surface area contributed by atoms with E-state index in [1.807, 2.05) is 33.8 Å². The van der Waals surface area contributed by atoms with Crippen LogP contribution in [0.15, 0.2) is 12.1 Å². The third-order valence-electron chi connectivity index (χ3n) is 5.80. The lowest BCUT2D eigenvalue weighted by Gasteiger charge is -2.29. The van der Waals surface area contributed by atoms with Gasteiger partial charge in [0.15, 0.2) is 0 Å². The monoisotopic (exact) mass is 419 g/mol. The topological polar surface area (TPSA) is 69.7 Å². The number of benzene rings is 1. The number of hydrogen-bond donors (Lipinski definition) is 1. The van der Waals surface area contributed by atoms with Crippen molar-refractivity contribution in [1.29, 1.82) is 0 Å². The van der Waals surface area contributed by atoms with Gasteiger partial charge in [-0.05, 0) is 62.5 Å². The molecule has 1 N–H and O–H groups in total. The number of piperidine rings is 2. The van der Waals surface area contributed by atoms with E-state index in [1.165, 1.54) is 11.0 Å². The third kappa shape index (κ3) is 4.89. The molecule has 3 aliphatic rings. The Morgan fingerprint density at radius 3 is 2.23 bits per heavy atom. The van der Waals surface area contributed by atoms with E-state index in [4.69, 9.17) is 0 Å². The standard InChI is InChI=1S/C19H22FN3O3.2C2H6/c1-22-6-4-11(5-7-22)13-8-12-10-23(19(26)14(12)9-15(13)20)16-2-3-17(24)21-18(16)25;2*1-2/h8-9,11,16H,2-7,10H2,1H3,(H,21,24,25);2*1-2H3. The maximum absolute atomic E-state index is 14.7. The number of rotatable bonds is 2. The van der Waals surface area contributed by atoms with Crippen molar-refractivity contribution >= 4 is 17.7 Å². The van der Waals surface area contributed by atoms with Gasteiger partial charge >= 0.3 is 0 Å². The zero-order chi connectivity index (χ0) is 22.4. The van der Waals surface area contributed by atoms with Crippen molar-refractivity contribution in [1.82, 2.24) is 15.1 Å². The largest absolute Gasteiger partial charge is 0.322 e. The Hall–Kier alpha value is -2.28. The van der Waals surface area contributed by atoms with Gasteiger partial charge in [0.1, 0.15) is 11.9 Å². The molecule has 0 aliphatic carbocycles. The van der Waals surface area contributed by atoms with Crippen molar-refractivity contribution in [3.63, 3.8) is 0 Å². The van der Waals surface area contributed by atoms with Gasteiger partial charge in [0.2, 0.25) is 11.8 Å². The lowest BCUT2D eigenvalue weighted by molar-refractivity contribution is -0.136. The molecule has 6 nitrogen and oxygen atoms in total. The second-order valence-electron chi connectivity index (χ2n) is 7.51. The van der Waals surface area contributed by atoms with Crippen LogP contribution in [0.3, 0.4) is 0 Å². The van der Waals surface area contributed by atoms with E-state index in [2.05, 4.69) is 17.3 Å². The molecule has 0 saturated carbocycles. The Kier molecular flexibility index (Phi) is 8.53. The fourth-order valence-electron chi connectivity index (χ4n) is 4.24. The van der Waals surface area contributed by atoms with E-state index in [-0.39, 0.29) is 30.0 Å². The van der Waals surface area contributed by atoms with Crippen LogP contribution in [0.25, 0.3) is 0 Å². The average Bonchev–Trinajstić information content (AvgIpc) is 3.06. The van der Waals surface area contributed by atoms with E-state index >= 15 is 0 Å². The van der Waals surface area contributed by atoms with Crippen molar-refractivity contribution in [3.05, 3.63) is 34.6 Å². The Morgan fingerprint density at radius 2 is 1.63 bits per heavy atom. The van der Waals surface area contributed by atoms with Gasteiger partial charge in [0.25, 0.3) is 5.91 Å². The molecule has 0 bridgehead atoms. The van der Waals surface area contributed by atoms with Crippen LogP contribution in [0.2, 0.25) is 0 Å². The number of likely N-dealkylation sites (tertiary alicyclic amines) is 1. The van der Waals surface area contributed by atoms with Crippen molar-refractivity contribution in [2.45, 2.75) is 71.9 Å². The van der Waals surface area contributed by atoms with Crippen LogP contribution in [0, 0.1) is 5.82 Å². The number of nitrogens with zero attached hydrogens (tertiary/aromatic N) is 2. The van der Waals surface area contributed by atoms with E-state index in [1.54, 1.807) is 0 Å². The highest BCUT2D eigenvalue weighted by molar-refractivity contribution is 6.05. The Labute approximate surface area is 178 Å². The summed E-state index contributed by atoms with van der Waals surface area (Å²) in [6, 6.07) is 2.48. The van der Waals surface area contributed by atoms with Crippen molar-refractivity contribution in [2.75, 3.05) is 20.1 Å². The minimum absolute atomic E-state index is 0.163. The number of carbonyl (C=O) groups is 3. The van der Waals surface area contributed by atoms with Gasteiger partial charge in [-0.2, -0.15) is 0 Å². The summed E-state index contributed by atoms with van der Waals surface area (Å²) in [5.41, 5.74) is 1.79. The molecule has 0 spiro atoms. The number of imide groups is 1. The zero-order valence-corrected chi connectivity index (χ0v) is 18.8. The Morgan fingerprint density at radius 1 is 1.00 bits per heavy atom. The third-order valence-corrected chi connectivity index (χ3v) is 5.80. The van der Waals surface area contributed by atoms with Crippen LogP contribution < -0.4 is 5.32 Å². The fraction of sp³-hybridized carbons (Fsp3) is 0.609. The van der Waals surface area contributed by atoms with Crippen LogP contribution in [-0.4, -0.2) is 53.7 Å². The summed E-state index contributed by atoms with van der Waals surface area (Å²) in [6.45, 7) is 10.2. The second kappa shape index (κ2) is 10.7. The minimum Gasteiger partial charge on any atom is -0.322 e. The maximum atomic E-state index is 14.7. The number of fused-ring (bicyclic) bond motifs is 1. The van der Waals surface area contributed by atoms with E-state index in [0.717, 1.165) is 31.5 Å². The van der Waals surface area contributed by atoms with Crippen LogP contribution in [0.5, 0.6) is 0 Å². The van der Waals surface area contributed by atoms with Crippen LogP contribution in [-0.2, 0) is 16.1 Å². The summed E-state index contributed by atoms with van der Waals surface area (Å²) in [7, 11) is 2.06. The Bertz CT molecular complexity index is 788. The van der Waals surface area contributed by atoms with Gasteiger partial charge < -0.3 is 9.80 Å². The minimum atomic E-state index is -0.664. The SMILES string of the molecule is CC.CC.CN1CCC(c2cc3c(cc2F)C(=O)N(C2CCC(=O)NC2=O)C3)CC1. The molecule has 1 unspecified atom stereocenters. The predicted molar refractivity (Wildman–Crippen MR) is 115 cm³/mol. The summed E-state index contributed by atoms with van der Waals surface area (Å²) >= 11 is 0. The van der Waals surface area contributed by atoms with Crippen molar-refractivity contribution in [3.8, 4) is 0 Å². The van der Waals surface area contributed by atoms with Crippen LogP contribution >= 0.6 is 0 Å². The number of amides is 3. The van der Waals surface area contributed by atoms with E-state index in [9.17, 15) is 18.8 Å². The molecule has 3 heterocycles. The number of hydrogen-bond acceptors (Lipinski definition) is 4. The lowest BCUT2D eigenvalue weighted by atomic mass is 9.87. The van der Waals surface area contributed by atoms with Crippen LogP contribution in [0.4, 0.5) is 4.39 Å². The van der Waals surface area contributed by atoms with Gasteiger partial charge in [0, 0.05) is 18.5 Å². The molecule has 7 heteroatoms. The number of halogens is 1.